The van der Waals surface area contributed by atoms with Crippen LogP contribution in [0.1, 0.15) is 35.7 Å². The van der Waals surface area contributed by atoms with Crippen molar-refractivity contribution < 1.29 is 4.42 Å². The highest BCUT2D eigenvalue weighted by Crippen LogP contribution is 2.22. The summed E-state index contributed by atoms with van der Waals surface area (Å²) in [4.78, 5) is 0. The minimum Gasteiger partial charge on any atom is -0.467 e. The van der Waals surface area contributed by atoms with Gasteiger partial charge in [0.2, 0.25) is 0 Å². The van der Waals surface area contributed by atoms with Gasteiger partial charge >= 0.3 is 0 Å². The lowest BCUT2D eigenvalue weighted by Crippen LogP contribution is -2.30. The van der Waals surface area contributed by atoms with Gasteiger partial charge in [-0.25, -0.2) is 5.43 Å². The van der Waals surface area contributed by atoms with E-state index in [1.54, 1.807) is 6.26 Å². The Kier molecular flexibility index (Phi) is 3.84. The Bertz CT molecular complexity index is 515. The highest BCUT2D eigenvalue weighted by molar-refractivity contribution is 5.21. The highest BCUT2D eigenvalue weighted by Gasteiger charge is 2.18. The fourth-order valence-electron chi connectivity index (χ4n) is 2.11. The number of hydrazine groups is 1. The lowest BCUT2D eigenvalue weighted by atomic mass is 10.1. The normalized spacial score (nSPS) is 12.9. The van der Waals surface area contributed by atoms with Crippen molar-refractivity contribution in [2.45, 2.75) is 32.7 Å². The first-order valence-corrected chi connectivity index (χ1v) is 6.17. The van der Waals surface area contributed by atoms with E-state index in [1.165, 1.54) is 0 Å². The van der Waals surface area contributed by atoms with E-state index < -0.39 is 0 Å². The van der Waals surface area contributed by atoms with Gasteiger partial charge in [-0.15, -0.1) is 0 Å². The van der Waals surface area contributed by atoms with Crippen LogP contribution in [0, 0.1) is 6.92 Å². The second kappa shape index (κ2) is 5.37. The first-order chi connectivity index (χ1) is 8.65. The van der Waals surface area contributed by atoms with Gasteiger partial charge in [-0.05, 0) is 31.0 Å². The molecular weight excluding hydrogens is 228 g/mol. The van der Waals surface area contributed by atoms with Gasteiger partial charge in [0.15, 0.2) is 0 Å². The molecule has 18 heavy (non-hydrogen) atoms. The van der Waals surface area contributed by atoms with Gasteiger partial charge in [0.25, 0.3) is 0 Å². The molecule has 0 aromatic carbocycles. The van der Waals surface area contributed by atoms with Crippen molar-refractivity contribution in [1.82, 2.24) is 15.2 Å². The van der Waals surface area contributed by atoms with E-state index in [0.717, 1.165) is 35.6 Å². The molecule has 0 aliphatic rings. The number of hydrogen-bond acceptors (Lipinski definition) is 4. The van der Waals surface area contributed by atoms with Gasteiger partial charge in [0.1, 0.15) is 5.76 Å². The topological polar surface area (TPSA) is 69.0 Å². The van der Waals surface area contributed by atoms with E-state index in [2.05, 4.69) is 23.5 Å². The number of aromatic nitrogens is 2. The van der Waals surface area contributed by atoms with Crippen LogP contribution in [-0.2, 0) is 19.9 Å². The molecule has 2 rings (SSSR count). The maximum Gasteiger partial charge on any atom is 0.125 e. The van der Waals surface area contributed by atoms with Gasteiger partial charge in [0, 0.05) is 19.2 Å². The van der Waals surface area contributed by atoms with Gasteiger partial charge in [-0.1, -0.05) is 6.92 Å². The molecule has 0 radical (unpaired) electrons. The molecule has 98 valence electrons. The zero-order valence-corrected chi connectivity index (χ0v) is 11.1. The van der Waals surface area contributed by atoms with Crippen LogP contribution < -0.4 is 11.3 Å². The lowest BCUT2D eigenvalue weighted by molar-refractivity contribution is 0.407. The maximum absolute atomic E-state index is 5.63. The minimum absolute atomic E-state index is 0.0277. The molecule has 0 bridgehead atoms. The minimum atomic E-state index is -0.0277. The van der Waals surface area contributed by atoms with Crippen LogP contribution in [0.2, 0.25) is 0 Å². The molecular formula is C13H20N4O. The zero-order chi connectivity index (χ0) is 13.1. The Hall–Kier alpha value is -1.59. The molecule has 0 spiro atoms. The summed E-state index contributed by atoms with van der Waals surface area (Å²) in [6.45, 7) is 4.12. The van der Waals surface area contributed by atoms with Crippen molar-refractivity contribution in [2.24, 2.45) is 12.9 Å². The van der Waals surface area contributed by atoms with E-state index >= 15 is 0 Å². The van der Waals surface area contributed by atoms with E-state index in [4.69, 9.17) is 10.3 Å². The first-order valence-electron chi connectivity index (χ1n) is 6.17. The summed E-state index contributed by atoms with van der Waals surface area (Å²) in [6, 6.07) is 4.03. The van der Waals surface area contributed by atoms with E-state index in [0.29, 0.717) is 0 Å². The number of nitrogens with one attached hydrogen (secondary N) is 1. The van der Waals surface area contributed by atoms with Crippen molar-refractivity contribution >= 4 is 0 Å². The zero-order valence-electron chi connectivity index (χ0n) is 11.1. The molecule has 1 atom stereocenters. The van der Waals surface area contributed by atoms with Crippen LogP contribution >= 0.6 is 0 Å². The summed E-state index contributed by atoms with van der Waals surface area (Å²) in [5.74, 6) is 6.52. The molecule has 0 saturated heterocycles. The second-order valence-corrected chi connectivity index (χ2v) is 4.50. The predicted octanol–water partition coefficient (Wildman–Crippen LogP) is 1.63. The number of aryl methyl sites for hydroxylation is 3. The van der Waals surface area contributed by atoms with Crippen LogP contribution in [-0.4, -0.2) is 9.78 Å². The summed E-state index contributed by atoms with van der Waals surface area (Å²) in [6.07, 6.45) is 3.39. The monoisotopic (exact) mass is 248 g/mol. The number of nitrogens with two attached hydrogens (primary N) is 1. The molecule has 0 saturated carbocycles. The Morgan fingerprint density at radius 1 is 1.56 bits per heavy atom. The van der Waals surface area contributed by atoms with Crippen LogP contribution in [0.25, 0.3) is 0 Å². The van der Waals surface area contributed by atoms with E-state index in [1.807, 2.05) is 24.7 Å². The van der Waals surface area contributed by atoms with Crippen molar-refractivity contribution in [3.8, 4) is 0 Å². The van der Waals surface area contributed by atoms with Gasteiger partial charge in [-0.3, -0.25) is 10.5 Å². The Balaban J connectivity index is 2.20. The molecule has 2 aromatic rings. The molecule has 5 heteroatoms. The Labute approximate surface area is 107 Å². The van der Waals surface area contributed by atoms with Crippen LogP contribution in [0.3, 0.4) is 0 Å². The average molecular weight is 248 g/mol. The summed E-state index contributed by atoms with van der Waals surface area (Å²) >= 11 is 0. The Morgan fingerprint density at radius 2 is 2.33 bits per heavy atom. The van der Waals surface area contributed by atoms with E-state index in [-0.39, 0.29) is 6.04 Å². The fourth-order valence-corrected chi connectivity index (χ4v) is 2.11. The lowest BCUT2D eigenvalue weighted by Gasteiger charge is -2.14. The third-order valence-corrected chi connectivity index (χ3v) is 3.22. The molecule has 5 nitrogen and oxygen atoms in total. The smallest absolute Gasteiger partial charge is 0.125 e. The average Bonchev–Trinajstić information content (AvgIpc) is 2.93. The Morgan fingerprint density at radius 3 is 2.83 bits per heavy atom. The van der Waals surface area contributed by atoms with Gasteiger partial charge < -0.3 is 4.42 Å². The van der Waals surface area contributed by atoms with E-state index in [9.17, 15) is 0 Å². The summed E-state index contributed by atoms with van der Waals surface area (Å²) in [5.41, 5.74) is 6.16. The summed E-state index contributed by atoms with van der Waals surface area (Å²) in [5, 5.41) is 4.44. The molecule has 0 aliphatic carbocycles. The fraction of sp³-hybridized carbons (Fsp3) is 0.462. The second-order valence-electron chi connectivity index (χ2n) is 4.50. The quantitative estimate of drug-likeness (QED) is 0.623. The predicted molar refractivity (Wildman–Crippen MR) is 69.8 cm³/mol. The molecule has 0 fully saturated rings. The van der Waals surface area contributed by atoms with Crippen LogP contribution in [0.5, 0.6) is 0 Å². The third-order valence-electron chi connectivity index (χ3n) is 3.22. The molecule has 3 N–H and O–H groups in total. The molecule has 0 amide bonds. The standard InChI is InChI=1S/C13H20N4O/c1-4-10-7-11(17(3)16-10)8-12(15-14)13-9(2)5-6-18-13/h5-7,12,15H,4,8,14H2,1-3H3. The first kappa shape index (κ1) is 12.9. The number of rotatable bonds is 5. The highest BCUT2D eigenvalue weighted by atomic mass is 16.3. The largest absolute Gasteiger partial charge is 0.467 e. The van der Waals surface area contributed by atoms with Crippen molar-refractivity contribution in [3.63, 3.8) is 0 Å². The van der Waals surface area contributed by atoms with Crippen molar-refractivity contribution in [2.75, 3.05) is 0 Å². The number of furan rings is 1. The summed E-state index contributed by atoms with van der Waals surface area (Å²) in [7, 11) is 1.96. The van der Waals surface area contributed by atoms with Crippen LogP contribution in [0.4, 0.5) is 0 Å². The molecule has 0 aliphatic heterocycles. The van der Waals surface area contributed by atoms with Crippen molar-refractivity contribution in [1.29, 1.82) is 0 Å². The third kappa shape index (κ3) is 2.47. The molecule has 2 aromatic heterocycles. The number of nitrogens with zero attached hydrogens (tertiary/aromatic N) is 2. The maximum atomic E-state index is 5.63. The number of hydrogen-bond donors (Lipinski definition) is 2. The molecule has 2 heterocycles. The SMILES string of the molecule is CCc1cc(CC(NN)c2occc2C)n(C)n1. The molecule has 1 unspecified atom stereocenters. The van der Waals surface area contributed by atoms with Gasteiger partial charge in [0.05, 0.1) is 18.0 Å². The van der Waals surface area contributed by atoms with Crippen molar-refractivity contribution in [3.05, 3.63) is 41.1 Å². The van der Waals surface area contributed by atoms with Gasteiger partial charge in [-0.2, -0.15) is 5.10 Å². The summed E-state index contributed by atoms with van der Waals surface area (Å²) < 4.78 is 7.39. The van der Waals surface area contributed by atoms with Crippen LogP contribution in [0.15, 0.2) is 22.8 Å².